The zero-order chi connectivity index (χ0) is 13.5. The predicted octanol–water partition coefficient (Wildman–Crippen LogP) is 2.40. The summed E-state index contributed by atoms with van der Waals surface area (Å²) in [4.78, 5) is 0.179. The van der Waals surface area contributed by atoms with Crippen LogP contribution in [0.15, 0.2) is 18.2 Å². The molecule has 2 N–H and O–H groups in total. The number of benzene rings is 1. The molecule has 1 unspecified atom stereocenters. The number of halogens is 1. The van der Waals surface area contributed by atoms with Gasteiger partial charge in [-0.2, -0.15) is 0 Å². The molecule has 100 valence electrons. The molecule has 0 heterocycles. The molecule has 0 aliphatic heterocycles. The molecule has 1 atom stereocenters. The molecule has 1 aromatic rings. The average molecular weight is 271 g/mol. The molecule has 0 amide bonds. The summed E-state index contributed by atoms with van der Waals surface area (Å²) in [5, 5.41) is 0. The van der Waals surface area contributed by atoms with Crippen LogP contribution in [-0.2, 0) is 16.1 Å². The lowest BCUT2D eigenvalue weighted by Gasteiger charge is -2.13. The average Bonchev–Trinajstić information content (AvgIpc) is 2.33. The lowest BCUT2D eigenvalue weighted by Crippen LogP contribution is -2.16. The van der Waals surface area contributed by atoms with Crippen molar-refractivity contribution in [1.29, 1.82) is 0 Å². The minimum atomic E-state index is -0.364. The first kappa shape index (κ1) is 15.0. The van der Waals surface area contributed by atoms with Crippen molar-refractivity contribution >= 4 is 17.2 Å². The van der Waals surface area contributed by atoms with Gasteiger partial charge in [0.15, 0.2) is 0 Å². The highest BCUT2D eigenvalue weighted by atomic mass is 32.1. The summed E-state index contributed by atoms with van der Waals surface area (Å²) < 4.78 is 24.1. The molecule has 0 spiro atoms. The molecule has 0 fully saturated rings. The molecule has 0 bridgehead atoms. The summed E-state index contributed by atoms with van der Waals surface area (Å²) >= 11 is 4.82. The summed E-state index contributed by atoms with van der Waals surface area (Å²) in [6, 6.07) is 4.46. The number of thiocarbonyl (C=S) groups is 1. The van der Waals surface area contributed by atoms with Gasteiger partial charge in [0.1, 0.15) is 10.8 Å². The second-order valence-corrected chi connectivity index (χ2v) is 4.43. The van der Waals surface area contributed by atoms with Crippen LogP contribution in [0.4, 0.5) is 4.39 Å². The van der Waals surface area contributed by atoms with Crippen LogP contribution in [-0.4, -0.2) is 24.3 Å². The molecule has 0 radical (unpaired) electrons. The first-order valence-electron chi connectivity index (χ1n) is 5.81. The van der Waals surface area contributed by atoms with E-state index in [1.54, 1.807) is 6.07 Å². The van der Waals surface area contributed by atoms with Gasteiger partial charge in [0.05, 0.1) is 19.3 Å². The molecule has 0 aliphatic rings. The molecular weight excluding hydrogens is 253 g/mol. The van der Waals surface area contributed by atoms with E-state index >= 15 is 0 Å². The molecule has 18 heavy (non-hydrogen) atoms. The molecule has 1 rings (SSSR count). The Labute approximate surface area is 112 Å². The second kappa shape index (κ2) is 7.41. The van der Waals surface area contributed by atoms with Gasteiger partial charge in [-0.05, 0) is 37.6 Å². The third kappa shape index (κ3) is 5.08. The fourth-order valence-electron chi connectivity index (χ4n) is 1.45. The standard InChI is InChI=1S/C13H18FNO2S/c1-3-16-7-9(2)17-8-10-4-11(13(15)18)6-12(14)5-10/h4-6,9H,3,7-8H2,1-2H3,(H2,15,18). The van der Waals surface area contributed by atoms with Crippen molar-refractivity contribution in [3.8, 4) is 0 Å². The van der Waals surface area contributed by atoms with E-state index in [4.69, 9.17) is 27.4 Å². The van der Waals surface area contributed by atoms with Gasteiger partial charge in [0.2, 0.25) is 0 Å². The number of hydrogen-bond acceptors (Lipinski definition) is 3. The Hall–Kier alpha value is -1.04. The van der Waals surface area contributed by atoms with Crippen LogP contribution in [0.25, 0.3) is 0 Å². The number of rotatable bonds is 7. The number of hydrogen-bond donors (Lipinski definition) is 1. The highest BCUT2D eigenvalue weighted by molar-refractivity contribution is 7.80. The van der Waals surface area contributed by atoms with E-state index in [2.05, 4.69) is 0 Å². The summed E-state index contributed by atoms with van der Waals surface area (Å²) in [6.07, 6.45) is -0.0403. The van der Waals surface area contributed by atoms with Crippen molar-refractivity contribution in [2.24, 2.45) is 5.73 Å². The van der Waals surface area contributed by atoms with Crippen LogP contribution in [0.5, 0.6) is 0 Å². The quantitative estimate of drug-likeness (QED) is 0.773. The molecular formula is C13H18FNO2S. The smallest absolute Gasteiger partial charge is 0.124 e. The number of ether oxygens (including phenoxy) is 2. The van der Waals surface area contributed by atoms with Crippen LogP contribution in [0, 0.1) is 5.82 Å². The summed E-state index contributed by atoms with van der Waals surface area (Å²) in [6.45, 7) is 5.31. The van der Waals surface area contributed by atoms with E-state index in [0.717, 1.165) is 0 Å². The van der Waals surface area contributed by atoms with Gasteiger partial charge in [0, 0.05) is 12.2 Å². The van der Waals surface area contributed by atoms with Crippen LogP contribution in [0.3, 0.4) is 0 Å². The highest BCUT2D eigenvalue weighted by Crippen LogP contribution is 2.11. The van der Waals surface area contributed by atoms with Gasteiger partial charge >= 0.3 is 0 Å². The topological polar surface area (TPSA) is 44.5 Å². The van der Waals surface area contributed by atoms with Gasteiger partial charge < -0.3 is 15.2 Å². The monoisotopic (exact) mass is 271 g/mol. The van der Waals surface area contributed by atoms with Crippen LogP contribution in [0.1, 0.15) is 25.0 Å². The number of nitrogens with two attached hydrogens (primary N) is 1. The van der Waals surface area contributed by atoms with Crippen LogP contribution in [0.2, 0.25) is 0 Å². The van der Waals surface area contributed by atoms with E-state index in [1.165, 1.54) is 12.1 Å². The fourth-order valence-corrected chi connectivity index (χ4v) is 1.56. The highest BCUT2D eigenvalue weighted by Gasteiger charge is 2.06. The largest absolute Gasteiger partial charge is 0.389 e. The Morgan fingerprint density at radius 1 is 1.44 bits per heavy atom. The second-order valence-electron chi connectivity index (χ2n) is 3.99. The fraction of sp³-hybridized carbons (Fsp3) is 0.462. The van der Waals surface area contributed by atoms with Crippen molar-refractivity contribution in [2.75, 3.05) is 13.2 Å². The van der Waals surface area contributed by atoms with Gasteiger partial charge in [-0.3, -0.25) is 0 Å². The molecule has 0 aliphatic carbocycles. The first-order chi connectivity index (χ1) is 8.52. The Morgan fingerprint density at radius 2 is 2.17 bits per heavy atom. The van der Waals surface area contributed by atoms with E-state index in [1.807, 2.05) is 13.8 Å². The first-order valence-corrected chi connectivity index (χ1v) is 6.22. The SMILES string of the molecule is CCOCC(C)OCc1cc(F)cc(C(N)=S)c1. The maximum Gasteiger partial charge on any atom is 0.124 e. The Morgan fingerprint density at radius 3 is 2.78 bits per heavy atom. The predicted molar refractivity (Wildman–Crippen MR) is 73.0 cm³/mol. The lowest BCUT2D eigenvalue weighted by molar-refractivity contribution is -0.0117. The van der Waals surface area contributed by atoms with Crippen molar-refractivity contribution in [3.63, 3.8) is 0 Å². The summed E-state index contributed by atoms with van der Waals surface area (Å²) in [5.41, 5.74) is 6.70. The maximum absolute atomic E-state index is 13.3. The van der Waals surface area contributed by atoms with Crippen LogP contribution >= 0.6 is 12.2 Å². The summed E-state index contributed by atoms with van der Waals surface area (Å²) in [5.74, 6) is -0.364. The molecule has 3 nitrogen and oxygen atoms in total. The molecule has 0 aromatic heterocycles. The Bertz CT molecular complexity index is 412. The molecule has 1 aromatic carbocycles. The minimum absolute atomic E-state index is 0.0403. The molecule has 0 saturated heterocycles. The van der Waals surface area contributed by atoms with Gasteiger partial charge in [0.25, 0.3) is 0 Å². The molecule has 0 saturated carbocycles. The van der Waals surface area contributed by atoms with Crippen LogP contribution < -0.4 is 5.73 Å². The van der Waals surface area contributed by atoms with Crippen molar-refractivity contribution in [1.82, 2.24) is 0 Å². The zero-order valence-corrected chi connectivity index (χ0v) is 11.4. The van der Waals surface area contributed by atoms with E-state index in [9.17, 15) is 4.39 Å². The van der Waals surface area contributed by atoms with Crippen molar-refractivity contribution in [3.05, 3.63) is 35.1 Å². The zero-order valence-electron chi connectivity index (χ0n) is 10.6. The van der Waals surface area contributed by atoms with Gasteiger partial charge in [-0.25, -0.2) is 4.39 Å². The van der Waals surface area contributed by atoms with E-state index < -0.39 is 0 Å². The third-order valence-electron chi connectivity index (χ3n) is 2.33. The van der Waals surface area contributed by atoms with Gasteiger partial charge in [-0.1, -0.05) is 12.2 Å². The minimum Gasteiger partial charge on any atom is -0.389 e. The van der Waals surface area contributed by atoms with Gasteiger partial charge in [-0.15, -0.1) is 0 Å². The summed E-state index contributed by atoms with van der Waals surface area (Å²) in [7, 11) is 0. The molecule has 5 heteroatoms. The van der Waals surface area contributed by atoms with E-state index in [0.29, 0.717) is 30.9 Å². The Kier molecular flexibility index (Phi) is 6.18. The maximum atomic E-state index is 13.3. The third-order valence-corrected chi connectivity index (χ3v) is 2.57. The normalized spacial score (nSPS) is 12.4. The Balaban J connectivity index is 2.59. The van der Waals surface area contributed by atoms with Crippen molar-refractivity contribution < 1.29 is 13.9 Å². The van der Waals surface area contributed by atoms with Crippen molar-refractivity contribution in [2.45, 2.75) is 26.6 Å². The lowest BCUT2D eigenvalue weighted by atomic mass is 10.1. The van der Waals surface area contributed by atoms with E-state index in [-0.39, 0.29) is 16.9 Å².